The number of hydrogen-bond donors (Lipinski definition) is 1. The molecule has 0 aliphatic carbocycles. The molecule has 1 aromatic heterocycles. The Bertz CT molecular complexity index is 1400. The minimum Gasteiger partial charge on any atom is -0.497 e. The van der Waals surface area contributed by atoms with Crippen LogP contribution in [0.15, 0.2) is 70.9 Å². The average molecular weight is 458 g/mol. The molecule has 0 amide bonds. The molecule has 4 rings (SSSR count). The first kappa shape index (κ1) is 22.7. The zero-order valence-electron chi connectivity index (χ0n) is 18.9. The zero-order valence-corrected chi connectivity index (χ0v) is 18.9. The molecule has 4 aromatic rings. The summed E-state index contributed by atoms with van der Waals surface area (Å²) in [6, 6.07) is 16.8. The van der Waals surface area contributed by atoms with Crippen molar-refractivity contribution in [3.05, 3.63) is 88.5 Å². The van der Waals surface area contributed by atoms with Crippen LogP contribution in [0.1, 0.15) is 27.0 Å². The lowest BCUT2D eigenvalue weighted by atomic mass is 9.89. The number of Topliss-reactive ketones (excluding diaryl/α,β-unsaturated/α-hetero) is 1. The smallest absolute Gasteiger partial charge is 0.336 e. The number of fused-ring (bicyclic) bond motifs is 1. The fourth-order valence-corrected chi connectivity index (χ4v) is 3.82. The summed E-state index contributed by atoms with van der Waals surface area (Å²) in [7, 11) is 3.11. The van der Waals surface area contributed by atoms with Crippen molar-refractivity contribution in [3.8, 4) is 11.5 Å². The van der Waals surface area contributed by atoms with E-state index in [0.717, 1.165) is 11.1 Å². The van der Waals surface area contributed by atoms with E-state index in [0.29, 0.717) is 33.7 Å². The second-order valence-electron chi connectivity index (χ2n) is 7.66. The summed E-state index contributed by atoms with van der Waals surface area (Å²) in [5.74, 6) is -0.321. The van der Waals surface area contributed by atoms with Gasteiger partial charge in [0.2, 0.25) is 0 Å². The van der Waals surface area contributed by atoms with Gasteiger partial charge in [0.15, 0.2) is 5.78 Å². The molecule has 0 aliphatic rings. The number of carbonyl (C=O) groups is 2. The lowest BCUT2D eigenvalue weighted by Crippen LogP contribution is -2.14. The van der Waals surface area contributed by atoms with Gasteiger partial charge in [-0.2, -0.15) is 0 Å². The lowest BCUT2D eigenvalue weighted by molar-refractivity contribution is -0.130. The molecule has 34 heavy (non-hydrogen) atoms. The van der Waals surface area contributed by atoms with Gasteiger partial charge in [0.05, 0.1) is 19.8 Å². The number of ether oxygens (including phenoxy) is 2. The Morgan fingerprint density at radius 3 is 2.24 bits per heavy atom. The van der Waals surface area contributed by atoms with Gasteiger partial charge in [0, 0.05) is 17.6 Å². The van der Waals surface area contributed by atoms with Gasteiger partial charge in [-0.05, 0) is 76.4 Å². The summed E-state index contributed by atoms with van der Waals surface area (Å²) in [6.45, 7) is 1.89. The molecule has 0 bridgehead atoms. The lowest BCUT2D eigenvalue weighted by Gasteiger charge is -2.14. The normalized spacial score (nSPS) is 11.7. The SMILES string of the molecule is COc1ccc(C(=O)C(Cc2ccc(OC)c(C)c2)=C(C(=O)O)c2ccc3nonc3c2)cc1. The Hall–Kier alpha value is -4.46. The average Bonchev–Trinajstić information content (AvgIpc) is 3.31. The van der Waals surface area contributed by atoms with E-state index >= 15 is 0 Å². The predicted octanol–water partition coefficient (Wildman–Crippen LogP) is 4.51. The van der Waals surface area contributed by atoms with Crippen molar-refractivity contribution in [1.29, 1.82) is 0 Å². The number of carboxylic acid groups (broad SMARTS) is 1. The molecule has 1 heterocycles. The van der Waals surface area contributed by atoms with Crippen molar-refractivity contribution in [2.75, 3.05) is 14.2 Å². The number of allylic oxidation sites excluding steroid dienone is 1. The number of ketones is 1. The van der Waals surface area contributed by atoms with Crippen LogP contribution in [0.25, 0.3) is 16.6 Å². The van der Waals surface area contributed by atoms with Crippen LogP contribution in [0.5, 0.6) is 11.5 Å². The Labute approximate surface area is 195 Å². The number of hydrogen-bond acceptors (Lipinski definition) is 7. The molecule has 0 aliphatic heterocycles. The van der Waals surface area contributed by atoms with Gasteiger partial charge in [0.1, 0.15) is 22.5 Å². The number of carboxylic acids is 1. The maximum atomic E-state index is 13.7. The third-order valence-electron chi connectivity index (χ3n) is 5.52. The second kappa shape index (κ2) is 9.58. The highest BCUT2D eigenvalue weighted by Crippen LogP contribution is 2.29. The maximum Gasteiger partial charge on any atom is 0.336 e. The van der Waals surface area contributed by atoms with E-state index in [1.807, 2.05) is 19.1 Å². The van der Waals surface area contributed by atoms with Gasteiger partial charge in [-0.3, -0.25) is 4.79 Å². The summed E-state index contributed by atoms with van der Waals surface area (Å²) in [4.78, 5) is 26.2. The fraction of sp³-hybridized carbons (Fsp3) is 0.154. The highest BCUT2D eigenvalue weighted by molar-refractivity contribution is 6.26. The van der Waals surface area contributed by atoms with Crippen LogP contribution < -0.4 is 9.47 Å². The van der Waals surface area contributed by atoms with E-state index in [-0.39, 0.29) is 17.6 Å². The summed E-state index contributed by atoms with van der Waals surface area (Å²) in [5, 5.41) is 17.8. The predicted molar refractivity (Wildman–Crippen MR) is 125 cm³/mol. The number of benzene rings is 3. The molecule has 3 aromatic carbocycles. The molecular formula is C26H22N2O6. The Kier molecular flexibility index (Phi) is 6.40. The summed E-state index contributed by atoms with van der Waals surface area (Å²) >= 11 is 0. The van der Waals surface area contributed by atoms with Gasteiger partial charge in [-0.15, -0.1) is 0 Å². The van der Waals surface area contributed by atoms with Crippen LogP contribution in [-0.4, -0.2) is 41.4 Å². The topological polar surface area (TPSA) is 112 Å². The Balaban J connectivity index is 1.89. The number of carbonyl (C=O) groups excluding carboxylic acids is 1. The number of methoxy groups -OCH3 is 2. The van der Waals surface area contributed by atoms with E-state index in [2.05, 4.69) is 10.3 Å². The molecule has 0 saturated carbocycles. The molecular weight excluding hydrogens is 436 g/mol. The van der Waals surface area contributed by atoms with Crippen molar-refractivity contribution >= 4 is 28.4 Å². The van der Waals surface area contributed by atoms with E-state index in [1.54, 1.807) is 55.6 Å². The first-order chi connectivity index (χ1) is 16.4. The van der Waals surface area contributed by atoms with Crippen molar-refractivity contribution in [2.45, 2.75) is 13.3 Å². The second-order valence-corrected chi connectivity index (χ2v) is 7.66. The van der Waals surface area contributed by atoms with Crippen LogP contribution in [0.4, 0.5) is 0 Å². The Morgan fingerprint density at radius 2 is 1.59 bits per heavy atom. The molecule has 0 fully saturated rings. The van der Waals surface area contributed by atoms with Gasteiger partial charge >= 0.3 is 5.97 Å². The van der Waals surface area contributed by atoms with E-state index in [1.165, 1.54) is 7.11 Å². The zero-order chi connectivity index (χ0) is 24.2. The van der Waals surface area contributed by atoms with Gasteiger partial charge in [-0.25, -0.2) is 9.42 Å². The van der Waals surface area contributed by atoms with Crippen LogP contribution in [0.2, 0.25) is 0 Å². The molecule has 0 saturated heterocycles. The molecule has 0 spiro atoms. The number of aromatic nitrogens is 2. The van der Waals surface area contributed by atoms with Gasteiger partial charge in [-0.1, -0.05) is 18.2 Å². The third kappa shape index (κ3) is 4.52. The monoisotopic (exact) mass is 458 g/mol. The first-order valence-electron chi connectivity index (χ1n) is 10.4. The fourth-order valence-electron chi connectivity index (χ4n) is 3.82. The third-order valence-corrected chi connectivity index (χ3v) is 5.52. The molecule has 0 unspecified atom stereocenters. The van der Waals surface area contributed by atoms with Crippen molar-refractivity contribution in [1.82, 2.24) is 10.3 Å². The van der Waals surface area contributed by atoms with E-state index in [9.17, 15) is 14.7 Å². The van der Waals surface area contributed by atoms with Crippen molar-refractivity contribution < 1.29 is 28.8 Å². The summed E-state index contributed by atoms with van der Waals surface area (Å²) in [5.41, 5.74) is 3.25. The van der Waals surface area contributed by atoms with Crippen LogP contribution in [-0.2, 0) is 11.2 Å². The standard InChI is InChI=1S/C26H22N2O6/c1-15-12-16(4-11-23(15)33-3)13-20(25(29)17-5-8-19(32-2)9-6-17)24(26(30)31)18-7-10-21-22(14-18)28-34-27-21/h4-12,14H,13H2,1-3H3,(H,30,31). The number of rotatable bonds is 8. The number of nitrogens with zero attached hydrogens (tertiary/aromatic N) is 2. The number of aliphatic carboxylic acids is 1. The number of aryl methyl sites for hydroxylation is 1. The highest BCUT2D eigenvalue weighted by Gasteiger charge is 2.25. The largest absolute Gasteiger partial charge is 0.497 e. The molecule has 8 heteroatoms. The Morgan fingerprint density at radius 1 is 0.882 bits per heavy atom. The first-order valence-corrected chi connectivity index (χ1v) is 10.4. The highest BCUT2D eigenvalue weighted by atomic mass is 16.6. The summed E-state index contributed by atoms with van der Waals surface area (Å²) in [6.07, 6.45) is 0.104. The van der Waals surface area contributed by atoms with E-state index in [4.69, 9.17) is 14.1 Å². The molecule has 0 atom stereocenters. The van der Waals surface area contributed by atoms with Gasteiger partial charge in [0.25, 0.3) is 0 Å². The van der Waals surface area contributed by atoms with E-state index < -0.39 is 11.8 Å². The van der Waals surface area contributed by atoms with Crippen LogP contribution in [0, 0.1) is 6.92 Å². The molecule has 8 nitrogen and oxygen atoms in total. The maximum absolute atomic E-state index is 13.7. The summed E-state index contributed by atoms with van der Waals surface area (Å²) < 4.78 is 15.2. The van der Waals surface area contributed by atoms with Gasteiger partial charge < -0.3 is 14.6 Å². The van der Waals surface area contributed by atoms with Crippen LogP contribution in [0.3, 0.4) is 0 Å². The molecule has 172 valence electrons. The minimum atomic E-state index is -1.22. The minimum absolute atomic E-state index is 0.104. The van der Waals surface area contributed by atoms with Crippen LogP contribution >= 0.6 is 0 Å². The molecule has 0 radical (unpaired) electrons. The van der Waals surface area contributed by atoms with Crippen molar-refractivity contribution in [3.63, 3.8) is 0 Å². The van der Waals surface area contributed by atoms with Crippen molar-refractivity contribution in [2.24, 2.45) is 0 Å². The molecule has 1 N–H and O–H groups in total. The quantitative estimate of drug-likeness (QED) is 0.303.